The molecule has 3 aromatic rings. The zero-order valence-corrected chi connectivity index (χ0v) is 16.2. The molecule has 3 rings (SSSR count). The van der Waals surface area contributed by atoms with Gasteiger partial charge in [-0.15, -0.1) is 0 Å². The summed E-state index contributed by atoms with van der Waals surface area (Å²) in [5.74, 6) is -1.13. The van der Waals surface area contributed by atoms with Gasteiger partial charge >= 0.3 is 0 Å². The molecule has 0 aromatic heterocycles. The van der Waals surface area contributed by atoms with Crippen molar-refractivity contribution in [2.75, 3.05) is 0 Å². The number of rotatable bonds is 6. The minimum absolute atomic E-state index is 0.119. The molecule has 5 nitrogen and oxygen atoms in total. The quantitative estimate of drug-likeness (QED) is 0.525. The number of hydrogen-bond donors (Lipinski definition) is 3. The summed E-state index contributed by atoms with van der Waals surface area (Å²) in [6.07, 6.45) is 0.595. The molecule has 3 N–H and O–H groups in total. The van der Waals surface area contributed by atoms with E-state index in [1.807, 2.05) is 60.7 Å². The Kier molecular flexibility index (Phi) is 5.72. The zero-order valence-electron chi connectivity index (χ0n) is 15.4. The summed E-state index contributed by atoms with van der Waals surface area (Å²) in [5.41, 5.74) is 2.35. The molecule has 0 spiro atoms. The third-order valence-corrected chi connectivity index (χ3v) is 5.80. The molecule has 0 amide bonds. The molecule has 0 heterocycles. The van der Waals surface area contributed by atoms with Crippen LogP contribution in [0.15, 0.2) is 77.7 Å². The van der Waals surface area contributed by atoms with Crippen LogP contribution in [0.4, 0.5) is 0 Å². The smallest absolute Gasteiger partial charge is 0.298 e. The molecule has 0 fully saturated rings. The van der Waals surface area contributed by atoms with E-state index in [1.165, 1.54) is 0 Å². The van der Waals surface area contributed by atoms with Crippen molar-refractivity contribution in [2.24, 2.45) is 0 Å². The van der Waals surface area contributed by atoms with Crippen molar-refractivity contribution >= 4 is 10.1 Å². The van der Waals surface area contributed by atoms with Crippen LogP contribution in [0.25, 0.3) is 0 Å². The molecular weight excluding hydrogens is 376 g/mol. The Hall–Kier alpha value is -2.83. The molecule has 3 aromatic carbocycles. The van der Waals surface area contributed by atoms with Gasteiger partial charge < -0.3 is 10.2 Å². The van der Waals surface area contributed by atoms with E-state index in [2.05, 4.69) is 6.92 Å². The van der Waals surface area contributed by atoms with Gasteiger partial charge in [-0.2, -0.15) is 8.42 Å². The average molecular weight is 398 g/mol. The monoisotopic (exact) mass is 398 g/mol. The molecule has 0 aliphatic rings. The highest BCUT2D eigenvalue weighted by Crippen LogP contribution is 2.41. The fourth-order valence-electron chi connectivity index (χ4n) is 3.46. The van der Waals surface area contributed by atoms with Gasteiger partial charge in [0.25, 0.3) is 10.1 Å². The highest BCUT2D eigenvalue weighted by atomic mass is 32.2. The lowest BCUT2D eigenvalue weighted by Crippen LogP contribution is -2.08. The van der Waals surface area contributed by atoms with Gasteiger partial charge in [-0.25, -0.2) is 0 Å². The van der Waals surface area contributed by atoms with Crippen molar-refractivity contribution in [3.63, 3.8) is 0 Å². The molecule has 28 heavy (non-hydrogen) atoms. The molecule has 2 atom stereocenters. The Morgan fingerprint density at radius 2 is 1.36 bits per heavy atom. The highest BCUT2D eigenvalue weighted by Gasteiger charge is 2.26. The van der Waals surface area contributed by atoms with Crippen LogP contribution in [0.3, 0.4) is 0 Å². The average Bonchev–Trinajstić information content (AvgIpc) is 2.67. The number of hydrogen-bond acceptors (Lipinski definition) is 4. The number of benzene rings is 3. The summed E-state index contributed by atoms with van der Waals surface area (Å²) in [6, 6.07) is 21.4. The molecular formula is C22H22O5S. The van der Waals surface area contributed by atoms with Crippen LogP contribution in [0, 0.1) is 0 Å². The molecule has 0 radical (unpaired) electrons. The van der Waals surface area contributed by atoms with Crippen LogP contribution < -0.4 is 0 Å². The lowest BCUT2D eigenvalue weighted by molar-refractivity contribution is 0.424. The summed E-state index contributed by atoms with van der Waals surface area (Å²) in [5, 5.41) is 20.3. The maximum Gasteiger partial charge on any atom is 0.298 e. The second-order valence-electron chi connectivity index (χ2n) is 6.86. The van der Waals surface area contributed by atoms with Crippen molar-refractivity contribution in [3.05, 3.63) is 89.5 Å². The van der Waals surface area contributed by atoms with E-state index >= 15 is 0 Å². The molecule has 0 saturated carbocycles. The van der Waals surface area contributed by atoms with Crippen molar-refractivity contribution in [3.8, 4) is 11.5 Å². The first-order valence-corrected chi connectivity index (χ1v) is 10.3. The second-order valence-corrected chi connectivity index (χ2v) is 8.25. The van der Waals surface area contributed by atoms with Gasteiger partial charge in [-0.05, 0) is 29.5 Å². The Morgan fingerprint density at radius 3 is 1.89 bits per heavy atom. The van der Waals surface area contributed by atoms with Gasteiger partial charge in [-0.3, -0.25) is 4.55 Å². The normalized spacial score (nSPS) is 13.8. The van der Waals surface area contributed by atoms with Gasteiger partial charge in [0.2, 0.25) is 0 Å². The van der Waals surface area contributed by atoms with Crippen molar-refractivity contribution < 1.29 is 23.2 Å². The maximum atomic E-state index is 11.6. The van der Waals surface area contributed by atoms with Crippen LogP contribution in [-0.2, 0) is 10.1 Å². The van der Waals surface area contributed by atoms with Crippen molar-refractivity contribution in [1.82, 2.24) is 0 Å². The molecule has 146 valence electrons. The minimum atomic E-state index is -4.63. The Labute approximate surface area is 164 Å². The number of phenolic OH excluding ortho intramolecular Hbond substituents is 2. The SMILES string of the molecule is CC(CC(c1ccccc1)c1cc(S(=O)(=O)O)c(O)cc1O)c1ccccc1. The zero-order chi connectivity index (χ0) is 20.3. The topological polar surface area (TPSA) is 94.8 Å². The van der Waals surface area contributed by atoms with Crippen LogP contribution in [0.5, 0.6) is 11.5 Å². The van der Waals surface area contributed by atoms with E-state index in [1.54, 1.807) is 0 Å². The fraction of sp³-hybridized carbons (Fsp3) is 0.182. The number of phenols is 2. The van der Waals surface area contributed by atoms with Crippen LogP contribution in [0.1, 0.15) is 41.9 Å². The van der Waals surface area contributed by atoms with Crippen molar-refractivity contribution in [2.45, 2.75) is 30.1 Å². The van der Waals surface area contributed by atoms with Crippen LogP contribution >= 0.6 is 0 Å². The molecule has 0 aliphatic carbocycles. The summed E-state index contributed by atoms with van der Waals surface area (Å²) in [4.78, 5) is -0.617. The van der Waals surface area contributed by atoms with E-state index in [0.717, 1.165) is 23.3 Å². The standard InChI is InChI=1S/C22H22O5S/c1-15(16-8-4-2-5-9-16)12-18(17-10-6-3-7-11-17)19-13-22(28(25,26)27)21(24)14-20(19)23/h2-11,13-15,18,23-24H,12H2,1H3,(H,25,26,27). The first-order chi connectivity index (χ1) is 13.3. The van der Waals surface area contributed by atoms with Crippen molar-refractivity contribution in [1.29, 1.82) is 0 Å². The summed E-state index contributed by atoms with van der Waals surface area (Å²) in [7, 11) is -4.63. The fourth-order valence-corrected chi connectivity index (χ4v) is 4.06. The summed E-state index contributed by atoms with van der Waals surface area (Å²) >= 11 is 0. The highest BCUT2D eigenvalue weighted by molar-refractivity contribution is 7.86. The van der Waals surface area contributed by atoms with Gasteiger partial charge in [0.1, 0.15) is 16.4 Å². The summed E-state index contributed by atoms with van der Waals surface area (Å²) < 4.78 is 32.7. The van der Waals surface area contributed by atoms with E-state index in [0.29, 0.717) is 12.0 Å². The van der Waals surface area contributed by atoms with Gasteiger partial charge in [0.15, 0.2) is 0 Å². The minimum Gasteiger partial charge on any atom is -0.508 e. The summed E-state index contributed by atoms with van der Waals surface area (Å²) in [6.45, 7) is 2.06. The van der Waals surface area contributed by atoms with E-state index < -0.39 is 20.8 Å². The van der Waals surface area contributed by atoms with E-state index in [9.17, 15) is 23.2 Å². The molecule has 0 saturated heterocycles. The molecule has 0 aliphatic heterocycles. The Bertz CT molecular complexity index is 1050. The molecule has 6 heteroatoms. The van der Waals surface area contributed by atoms with Gasteiger partial charge in [0.05, 0.1) is 0 Å². The van der Waals surface area contributed by atoms with E-state index in [-0.39, 0.29) is 17.6 Å². The second kappa shape index (κ2) is 8.04. The molecule has 2 unspecified atom stereocenters. The van der Waals surface area contributed by atoms with Crippen LogP contribution in [-0.4, -0.2) is 23.2 Å². The predicted molar refractivity (Wildman–Crippen MR) is 107 cm³/mol. The third-order valence-electron chi connectivity index (χ3n) is 4.92. The Balaban J connectivity index is 2.10. The lowest BCUT2D eigenvalue weighted by atomic mass is 9.81. The van der Waals surface area contributed by atoms with Crippen LogP contribution in [0.2, 0.25) is 0 Å². The van der Waals surface area contributed by atoms with E-state index in [4.69, 9.17) is 0 Å². The van der Waals surface area contributed by atoms with Gasteiger partial charge in [0, 0.05) is 17.5 Å². The predicted octanol–water partition coefficient (Wildman–Crippen LogP) is 4.67. The molecule has 0 bridgehead atoms. The maximum absolute atomic E-state index is 11.6. The largest absolute Gasteiger partial charge is 0.508 e. The number of aromatic hydroxyl groups is 2. The van der Waals surface area contributed by atoms with Gasteiger partial charge in [-0.1, -0.05) is 67.6 Å². The first-order valence-electron chi connectivity index (χ1n) is 8.90. The Morgan fingerprint density at radius 1 is 0.821 bits per heavy atom. The first kappa shape index (κ1) is 19.9. The third kappa shape index (κ3) is 4.35. The lowest BCUT2D eigenvalue weighted by Gasteiger charge is -2.24.